The first-order valence-corrected chi connectivity index (χ1v) is 9.74. The molecule has 1 amide bonds. The van der Waals surface area contributed by atoms with Crippen molar-refractivity contribution in [1.82, 2.24) is 14.9 Å². The Morgan fingerprint density at radius 1 is 1.24 bits per heavy atom. The highest BCUT2D eigenvalue weighted by atomic mass is 16.2. The van der Waals surface area contributed by atoms with Gasteiger partial charge in [-0.15, -0.1) is 0 Å². The van der Waals surface area contributed by atoms with E-state index < -0.39 is 0 Å². The summed E-state index contributed by atoms with van der Waals surface area (Å²) in [5, 5.41) is 2.73. The van der Waals surface area contributed by atoms with Crippen LogP contribution >= 0.6 is 0 Å². The van der Waals surface area contributed by atoms with E-state index in [9.17, 15) is 14.4 Å². The molecule has 0 saturated heterocycles. The maximum absolute atomic E-state index is 12.5. The van der Waals surface area contributed by atoms with Gasteiger partial charge in [-0.25, -0.2) is 0 Å². The second-order valence-corrected chi connectivity index (χ2v) is 7.20. The molecule has 2 aromatic rings. The molecule has 1 atom stereocenters. The lowest BCUT2D eigenvalue weighted by molar-refractivity contribution is 0.0950. The molecule has 154 valence electrons. The normalized spacial score (nSPS) is 12.9. The van der Waals surface area contributed by atoms with Crippen LogP contribution in [0.25, 0.3) is 0 Å². The van der Waals surface area contributed by atoms with Gasteiger partial charge in [-0.2, -0.15) is 0 Å². The predicted molar refractivity (Wildman–Crippen MR) is 116 cm³/mol. The molecule has 1 unspecified atom stereocenters. The predicted octanol–water partition coefficient (Wildman–Crippen LogP) is 3.56. The molecule has 29 heavy (non-hydrogen) atoms. The molecule has 0 aromatic carbocycles. The van der Waals surface area contributed by atoms with Gasteiger partial charge in [0.15, 0.2) is 0 Å². The van der Waals surface area contributed by atoms with Crippen molar-refractivity contribution < 1.29 is 4.79 Å². The summed E-state index contributed by atoms with van der Waals surface area (Å²) in [5.74, 6) is -0.385. The Morgan fingerprint density at radius 3 is 2.55 bits per heavy atom. The van der Waals surface area contributed by atoms with Crippen LogP contribution in [-0.2, 0) is 6.54 Å². The van der Waals surface area contributed by atoms with Gasteiger partial charge in [-0.1, -0.05) is 23.8 Å². The molecular formula is C23H29N3O3. The Bertz CT molecular complexity index is 1060. The van der Waals surface area contributed by atoms with E-state index in [4.69, 9.17) is 0 Å². The van der Waals surface area contributed by atoms with Crippen LogP contribution in [0.15, 0.2) is 57.8 Å². The number of amides is 1. The quantitative estimate of drug-likeness (QED) is 0.703. The summed E-state index contributed by atoms with van der Waals surface area (Å²) in [6.45, 7) is 9.65. The van der Waals surface area contributed by atoms with Crippen LogP contribution in [0.3, 0.4) is 0 Å². The Labute approximate surface area is 171 Å². The number of carbonyl (C=O) groups excluding carboxylic acids is 1. The number of allylic oxidation sites excluding steroid dienone is 4. The molecule has 2 heterocycles. The SMILES string of the molecule is CC=CC(=CC)CC(C)n1ccc(C(=O)NCc2c(C)cc(C)[nH]c2=O)cc1=O. The maximum atomic E-state index is 12.5. The highest BCUT2D eigenvalue weighted by Crippen LogP contribution is 2.16. The molecule has 0 fully saturated rings. The molecule has 0 saturated carbocycles. The Hall–Kier alpha value is -3.15. The van der Waals surface area contributed by atoms with E-state index in [0.717, 1.165) is 23.3 Å². The fourth-order valence-electron chi connectivity index (χ4n) is 3.30. The van der Waals surface area contributed by atoms with Crippen molar-refractivity contribution in [3.8, 4) is 0 Å². The first-order chi connectivity index (χ1) is 13.8. The summed E-state index contributed by atoms with van der Waals surface area (Å²) in [7, 11) is 0. The van der Waals surface area contributed by atoms with Gasteiger partial charge in [-0.05, 0) is 58.7 Å². The van der Waals surface area contributed by atoms with Gasteiger partial charge >= 0.3 is 0 Å². The number of aromatic amines is 1. The van der Waals surface area contributed by atoms with Crippen molar-refractivity contribution in [2.75, 3.05) is 0 Å². The number of hydrogen-bond donors (Lipinski definition) is 2. The second kappa shape index (κ2) is 9.87. The summed E-state index contributed by atoms with van der Waals surface area (Å²) in [5.41, 5.74) is 3.08. The lowest BCUT2D eigenvalue weighted by Crippen LogP contribution is -2.30. The van der Waals surface area contributed by atoms with Crippen molar-refractivity contribution >= 4 is 5.91 Å². The van der Waals surface area contributed by atoms with E-state index in [1.807, 2.05) is 58.9 Å². The molecule has 2 rings (SSSR count). The zero-order chi connectivity index (χ0) is 21.6. The topological polar surface area (TPSA) is 84.0 Å². The van der Waals surface area contributed by atoms with Gasteiger partial charge in [0.05, 0.1) is 0 Å². The Morgan fingerprint density at radius 2 is 1.97 bits per heavy atom. The summed E-state index contributed by atoms with van der Waals surface area (Å²) in [6, 6.07) is 4.79. The van der Waals surface area contributed by atoms with E-state index in [1.165, 1.54) is 6.07 Å². The van der Waals surface area contributed by atoms with Crippen molar-refractivity contribution in [2.24, 2.45) is 0 Å². The first-order valence-electron chi connectivity index (χ1n) is 9.74. The molecule has 0 bridgehead atoms. The zero-order valence-electron chi connectivity index (χ0n) is 17.7. The molecule has 0 aliphatic heterocycles. The van der Waals surface area contributed by atoms with Gasteiger partial charge < -0.3 is 14.9 Å². The van der Waals surface area contributed by atoms with Crippen LogP contribution in [0.5, 0.6) is 0 Å². The molecule has 0 aliphatic carbocycles. The van der Waals surface area contributed by atoms with Crippen LogP contribution in [0.2, 0.25) is 0 Å². The van der Waals surface area contributed by atoms with E-state index in [-0.39, 0.29) is 35.2 Å². The average Bonchev–Trinajstić information content (AvgIpc) is 2.66. The maximum Gasteiger partial charge on any atom is 0.253 e. The van der Waals surface area contributed by atoms with Crippen molar-refractivity contribution in [3.05, 3.63) is 91.3 Å². The minimum absolute atomic E-state index is 0.0317. The molecule has 0 spiro atoms. The highest BCUT2D eigenvalue weighted by Gasteiger charge is 2.13. The van der Waals surface area contributed by atoms with E-state index in [1.54, 1.807) is 16.8 Å². The first kappa shape index (κ1) is 22.1. The zero-order valence-corrected chi connectivity index (χ0v) is 17.7. The Balaban J connectivity index is 2.12. The minimum atomic E-state index is -0.385. The molecule has 6 nitrogen and oxygen atoms in total. The molecule has 2 N–H and O–H groups in total. The summed E-state index contributed by atoms with van der Waals surface area (Å²) < 4.78 is 1.62. The van der Waals surface area contributed by atoms with Crippen molar-refractivity contribution in [3.63, 3.8) is 0 Å². The van der Waals surface area contributed by atoms with Gasteiger partial charge in [0.2, 0.25) is 0 Å². The number of rotatable bonds is 7. The summed E-state index contributed by atoms with van der Waals surface area (Å²) in [6.07, 6.45) is 8.39. The van der Waals surface area contributed by atoms with Gasteiger partial charge in [-0.3, -0.25) is 14.4 Å². The van der Waals surface area contributed by atoms with E-state index in [2.05, 4.69) is 10.3 Å². The number of carbonyl (C=O) groups is 1. The number of aryl methyl sites for hydroxylation is 2. The lowest BCUT2D eigenvalue weighted by Gasteiger charge is -2.16. The van der Waals surface area contributed by atoms with Crippen LogP contribution < -0.4 is 16.4 Å². The number of aromatic nitrogens is 2. The third-order valence-corrected chi connectivity index (χ3v) is 4.89. The standard InChI is InChI=1S/C23H29N3O3/c1-6-8-18(7-2)12-17(5)26-10-9-19(13-21(26)27)22(28)24-14-20-15(3)11-16(4)25-23(20)29/h6-11,13,17H,12,14H2,1-5H3,(H,24,28)(H,25,29). The summed E-state index contributed by atoms with van der Waals surface area (Å²) >= 11 is 0. The fourth-order valence-corrected chi connectivity index (χ4v) is 3.30. The number of pyridine rings is 2. The smallest absolute Gasteiger partial charge is 0.253 e. The largest absolute Gasteiger partial charge is 0.348 e. The average molecular weight is 396 g/mol. The van der Waals surface area contributed by atoms with E-state index in [0.29, 0.717) is 5.56 Å². The number of hydrogen-bond acceptors (Lipinski definition) is 3. The number of nitrogens with zero attached hydrogens (tertiary/aromatic N) is 1. The molecular weight excluding hydrogens is 366 g/mol. The lowest BCUT2D eigenvalue weighted by atomic mass is 10.1. The van der Waals surface area contributed by atoms with Crippen LogP contribution in [0, 0.1) is 13.8 Å². The van der Waals surface area contributed by atoms with Crippen molar-refractivity contribution in [1.29, 1.82) is 0 Å². The highest BCUT2D eigenvalue weighted by molar-refractivity contribution is 5.93. The number of H-pyrrole nitrogens is 1. The minimum Gasteiger partial charge on any atom is -0.348 e. The summed E-state index contributed by atoms with van der Waals surface area (Å²) in [4.78, 5) is 39.8. The third-order valence-electron chi connectivity index (χ3n) is 4.89. The molecule has 0 radical (unpaired) electrons. The molecule has 0 aliphatic rings. The monoisotopic (exact) mass is 395 g/mol. The van der Waals surface area contributed by atoms with Crippen LogP contribution in [0.1, 0.15) is 60.4 Å². The van der Waals surface area contributed by atoms with Crippen LogP contribution in [0.4, 0.5) is 0 Å². The third kappa shape index (κ3) is 5.67. The molecule has 2 aromatic heterocycles. The van der Waals surface area contributed by atoms with Gasteiger partial charge in [0.1, 0.15) is 0 Å². The Kier molecular flexibility index (Phi) is 7.53. The fraction of sp³-hybridized carbons (Fsp3) is 0.348. The second-order valence-electron chi connectivity index (χ2n) is 7.20. The van der Waals surface area contributed by atoms with Gasteiger partial charge in [0.25, 0.3) is 17.0 Å². The van der Waals surface area contributed by atoms with Crippen LogP contribution in [-0.4, -0.2) is 15.5 Å². The van der Waals surface area contributed by atoms with Crippen molar-refractivity contribution in [2.45, 2.75) is 53.6 Å². The molecule has 6 heteroatoms. The van der Waals surface area contributed by atoms with Gasteiger partial charge in [0, 0.05) is 41.7 Å². The van der Waals surface area contributed by atoms with E-state index >= 15 is 0 Å². The number of nitrogens with one attached hydrogen (secondary N) is 2.